The van der Waals surface area contributed by atoms with E-state index in [-0.39, 0.29) is 26.4 Å². The highest BCUT2D eigenvalue weighted by Gasteiger charge is 2.19. The molecule has 0 radical (unpaired) electrons. The first kappa shape index (κ1) is 15.4. The zero-order chi connectivity index (χ0) is 15.6. The van der Waals surface area contributed by atoms with Crippen LogP contribution in [0.15, 0.2) is 40.9 Å². The third kappa shape index (κ3) is 3.56. The molecular formula is C13H7BrClFN2O3. The number of hydrogen-bond acceptors (Lipinski definition) is 3. The maximum absolute atomic E-state index is 13.2. The van der Waals surface area contributed by atoms with E-state index < -0.39 is 16.6 Å². The Bertz CT molecular complexity index is 719. The molecule has 0 aliphatic carbocycles. The fourth-order valence-electron chi connectivity index (χ4n) is 1.66. The molecule has 1 N–H and O–H groups in total. The van der Waals surface area contributed by atoms with Gasteiger partial charge in [-0.1, -0.05) is 17.7 Å². The van der Waals surface area contributed by atoms with Crippen molar-refractivity contribution < 1.29 is 14.1 Å². The predicted molar refractivity (Wildman–Crippen MR) is 80.2 cm³/mol. The molecular weight excluding hydrogens is 367 g/mol. The van der Waals surface area contributed by atoms with E-state index in [0.29, 0.717) is 0 Å². The lowest BCUT2D eigenvalue weighted by atomic mass is 10.2. The van der Waals surface area contributed by atoms with Crippen molar-refractivity contribution in [2.75, 3.05) is 5.32 Å². The Labute approximate surface area is 132 Å². The lowest BCUT2D eigenvalue weighted by Gasteiger charge is -2.07. The van der Waals surface area contributed by atoms with Gasteiger partial charge in [-0.05, 0) is 40.2 Å². The van der Waals surface area contributed by atoms with E-state index in [1.165, 1.54) is 24.3 Å². The van der Waals surface area contributed by atoms with Crippen LogP contribution in [0.2, 0.25) is 5.02 Å². The quantitative estimate of drug-likeness (QED) is 0.640. The minimum absolute atomic E-state index is 0.0509. The SMILES string of the molecule is O=C(Nc1cc(F)cc(Cl)c1)c1cccc([N+](=O)[O-])c1Br. The third-order valence-corrected chi connectivity index (χ3v) is 3.59. The molecule has 5 nitrogen and oxygen atoms in total. The van der Waals surface area contributed by atoms with Crippen LogP contribution in [0.4, 0.5) is 15.8 Å². The number of hydrogen-bond donors (Lipinski definition) is 1. The molecule has 0 aliphatic rings. The molecule has 2 aromatic carbocycles. The number of carbonyl (C=O) groups excluding carboxylic acids is 1. The number of nitro groups is 1. The van der Waals surface area contributed by atoms with E-state index in [1.807, 2.05) is 0 Å². The molecule has 0 saturated heterocycles. The molecule has 8 heteroatoms. The topological polar surface area (TPSA) is 72.2 Å². The molecule has 0 aromatic heterocycles. The highest BCUT2D eigenvalue weighted by atomic mass is 79.9. The van der Waals surface area contributed by atoms with Crippen molar-refractivity contribution in [3.63, 3.8) is 0 Å². The van der Waals surface area contributed by atoms with Gasteiger partial charge in [0, 0.05) is 16.8 Å². The van der Waals surface area contributed by atoms with Gasteiger partial charge in [0.15, 0.2) is 0 Å². The first-order valence-corrected chi connectivity index (χ1v) is 6.76. The second kappa shape index (κ2) is 6.19. The molecule has 108 valence electrons. The molecule has 0 bridgehead atoms. The summed E-state index contributed by atoms with van der Waals surface area (Å²) in [7, 11) is 0. The van der Waals surface area contributed by atoms with Crippen molar-refractivity contribution in [1.82, 2.24) is 0 Å². The molecule has 0 spiro atoms. The van der Waals surface area contributed by atoms with Gasteiger partial charge < -0.3 is 5.32 Å². The van der Waals surface area contributed by atoms with Crippen molar-refractivity contribution in [2.45, 2.75) is 0 Å². The minimum atomic E-state index is -0.618. The summed E-state index contributed by atoms with van der Waals surface area (Å²) in [5.41, 5.74) is -0.0204. The van der Waals surface area contributed by atoms with Crippen molar-refractivity contribution >= 4 is 44.8 Å². The summed E-state index contributed by atoms with van der Waals surface area (Å²) in [4.78, 5) is 22.3. The second-order valence-electron chi connectivity index (χ2n) is 4.01. The number of nitrogens with one attached hydrogen (secondary N) is 1. The molecule has 0 aliphatic heterocycles. The Kier molecular flexibility index (Phi) is 4.54. The fraction of sp³-hybridized carbons (Fsp3) is 0. The van der Waals surface area contributed by atoms with Crippen LogP contribution in [0.25, 0.3) is 0 Å². The number of nitro benzene ring substituents is 1. The van der Waals surface area contributed by atoms with E-state index in [1.54, 1.807) is 0 Å². The van der Waals surface area contributed by atoms with E-state index >= 15 is 0 Å². The Hall–Kier alpha value is -1.99. The fourth-order valence-corrected chi connectivity index (χ4v) is 2.47. The maximum atomic E-state index is 13.2. The largest absolute Gasteiger partial charge is 0.322 e. The number of anilines is 1. The highest BCUT2D eigenvalue weighted by molar-refractivity contribution is 9.10. The number of benzene rings is 2. The Morgan fingerprint density at radius 1 is 1.33 bits per heavy atom. The van der Waals surface area contributed by atoms with Crippen molar-refractivity contribution in [3.05, 3.63) is 67.4 Å². The standard InChI is InChI=1S/C13H7BrClFN2O3/c14-12-10(2-1-3-11(12)18(20)21)13(19)17-9-5-7(15)4-8(16)6-9/h1-6H,(H,17,19). The van der Waals surface area contributed by atoms with E-state index in [9.17, 15) is 19.3 Å². The first-order chi connectivity index (χ1) is 9.88. The van der Waals surface area contributed by atoms with Gasteiger partial charge in [-0.3, -0.25) is 14.9 Å². The van der Waals surface area contributed by atoms with Crippen LogP contribution in [0, 0.1) is 15.9 Å². The third-order valence-electron chi connectivity index (χ3n) is 2.54. The van der Waals surface area contributed by atoms with Crippen LogP contribution in [-0.4, -0.2) is 10.8 Å². The molecule has 0 unspecified atom stereocenters. The molecule has 0 saturated carbocycles. The molecule has 0 atom stereocenters. The predicted octanol–water partition coefficient (Wildman–Crippen LogP) is 4.40. The van der Waals surface area contributed by atoms with Gasteiger partial charge in [-0.15, -0.1) is 0 Å². The zero-order valence-electron chi connectivity index (χ0n) is 10.3. The van der Waals surface area contributed by atoms with E-state index in [2.05, 4.69) is 21.2 Å². The average molecular weight is 374 g/mol. The molecule has 21 heavy (non-hydrogen) atoms. The van der Waals surface area contributed by atoms with Crippen molar-refractivity contribution in [1.29, 1.82) is 0 Å². The zero-order valence-corrected chi connectivity index (χ0v) is 12.6. The van der Waals surface area contributed by atoms with Gasteiger partial charge >= 0.3 is 0 Å². The van der Waals surface area contributed by atoms with Gasteiger partial charge in [-0.2, -0.15) is 0 Å². The number of carbonyl (C=O) groups is 1. The lowest BCUT2D eigenvalue weighted by molar-refractivity contribution is -0.385. The average Bonchev–Trinajstić information content (AvgIpc) is 2.37. The Morgan fingerprint density at radius 3 is 2.67 bits per heavy atom. The first-order valence-electron chi connectivity index (χ1n) is 5.59. The summed E-state index contributed by atoms with van der Waals surface area (Å²) in [6.07, 6.45) is 0. The molecule has 2 rings (SSSR count). The summed E-state index contributed by atoms with van der Waals surface area (Å²) in [6, 6.07) is 7.62. The molecule has 0 heterocycles. The molecule has 0 fully saturated rings. The normalized spacial score (nSPS) is 10.2. The lowest BCUT2D eigenvalue weighted by Crippen LogP contribution is -2.13. The second-order valence-corrected chi connectivity index (χ2v) is 5.24. The van der Waals surface area contributed by atoms with E-state index in [4.69, 9.17) is 11.6 Å². The van der Waals surface area contributed by atoms with Crippen LogP contribution in [-0.2, 0) is 0 Å². The van der Waals surface area contributed by atoms with Crippen molar-refractivity contribution in [3.8, 4) is 0 Å². The number of nitrogens with zero attached hydrogens (tertiary/aromatic N) is 1. The van der Waals surface area contributed by atoms with Gasteiger partial charge in [0.05, 0.1) is 10.5 Å². The van der Waals surface area contributed by atoms with Crippen molar-refractivity contribution in [2.24, 2.45) is 0 Å². The van der Waals surface area contributed by atoms with Crippen LogP contribution >= 0.6 is 27.5 Å². The number of rotatable bonds is 3. The van der Waals surface area contributed by atoms with Gasteiger partial charge in [0.25, 0.3) is 11.6 Å². The van der Waals surface area contributed by atoms with Crippen LogP contribution in [0.1, 0.15) is 10.4 Å². The maximum Gasteiger partial charge on any atom is 0.284 e. The highest BCUT2D eigenvalue weighted by Crippen LogP contribution is 2.29. The van der Waals surface area contributed by atoms with E-state index in [0.717, 1.165) is 12.1 Å². The van der Waals surface area contributed by atoms with Crippen LogP contribution in [0.5, 0.6) is 0 Å². The van der Waals surface area contributed by atoms with Gasteiger partial charge in [0.1, 0.15) is 10.3 Å². The summed E-state index contributed by atoms with van der Waals surface area (Å²) in [5, 5.41) is 13.4. The molecule has 1 amide bonds. The summed E-state index contributed by atoms with van der Waals surface area (Å²) in [6.45, 7) is 0. The Morgan fingerprint density at radius 2 is 2.05 bits per heavy atom. The number of amides is 1. The summed E-state index contributed by atoms with van der Waals surface area (Å²) in [5.74, 6) is -1.22. The smallest absolute Gasteiger partial charge is 0.284 e. The Balaban J connectivity index is 2.33. The summed E-state index contributed by atoms with van der Waals surface area (Å²) >= 11 is 8.71. The van der Waals surface area contributed by atoms with Crippen LogP contribution < -0.4 is 5.32 Å². The van der Waals surface area contributed by atoms with Gasteiger partial charge in [0.2, 0.25) is 0 Å². The van der Waals surface area contributed by atoms with Gasteiger partial charge in [-0.25, -0.2) is 4.39 Å². The minimum Gasteiger partial charge on any atom is -0.322 e. The number of halogens is 3. The monoisotopic (exact) mass is 372 g/mol. The molecule has 2 aromatic rings. The summed E-state index contributed by atoms with van der Waals surface area (Å²) < 4.78 is 13.2. The van der Waals surface area contributed by atoms with Crippen LogP contribution in [0.3, 0.4) is 0 Å².